The van der Waals surface area contributed by atoms with Crippen molar-refractivity contribution in [1.82, 2.24) is 5.32 Å². The Morgan fingerprint density at radius 1 is 1.75 bits per heavy atom. The average molecular weight is 115 g/mol. The topological polar surface area (TPSA) is 21.3 Å². The molecule has 2 nitrogen and oxygen atoms in total. The Balaban J connectivity index is 2.06. The fourth-order valence-corrected chi connectivity index (χ4v) is 0.996. The van der Waals surface area contributed by atoms with E-state index in [1.54, 1.807) is 0 Å². The van der Waals surface area contributed by atoms with Crippen molar-refractivity contribution in [1.29, 1.82) is 0 Å². The molecule has 1 fully saturated rings. The molecule has 0 radical (unpaired) electrons. The van der Waals surface area contributed by atoms with Crippen LogP contribution in [0.2, 0.25) is 0 Å². The average Bonchev–Trinajstić information content (AvgIpc) is 2.19. The van der Waals surface area contributed by atoms with Gasteiger partial charge in [0.15, 0.2) is 0 Å². The van der Waals surface area contributed by atoms with E-state index in [4.69, 9.17) is 4.74 Å². The van der Waals surface area contributed by atoms with Crippen molar-refractivity contribution in [3.63, 3.8) is 0 Å². The summed E-state index contributed by atoms with van der Waals surface area (Å²) in [6.45, 7) is 3.99. The second kappa shape index (κ2) is 3.05. The van der Waals surface area contributed by atoms with Gasteiger partial charge in [-0.1, -0.05) is 0 Å². The van der Waals surface area contributed by atoms with E-state index in [1.165, 1.54) is 12.8 Å². The molecule has 1 aliphatic heterocycles. The van der Waals surface area contributed by atoms with Gasteiger partial charge in [-0.3, -0.25) is 5.32 Å². The molecule has 1 saturated heterocycles. The minimum absolute atomic E-state index is 0.361. The molecule has 1 heterocycles. The van der Waals surface area contributed by atoms with E-state index >= 15 is 0 Å². The largest absolute Gasteiger partial charge is 0.364 e. The van der Waals surface area contributed by atoms with Gasteiger partial charge >= 0.3 is 0 Å². The van der Waals surface area contributed by atoms with Gasteiger partial charge in [-0.2, -0.15) is 0 Å². The first-order chi connectivity index (χ1) is 3.93. The van der Waals surface area contributed by atoms with Crippen molar-refractivity contribution in [3.8, 4) is 0 Å². The van der Waals surface area contributed by atoms with Gasteiger partial charge in [-0.25, -0.2) is 0 Å². The first-order valence-corrected chi connectivity index (χ1v) is 3.28. The van der Waals surface area contributed by atoms with Gasteiger partial charge in [0.2, 0.25) is 0 Å². The highest BCUT2D eigenvalue weighted by molar-refractivity contribution is 4.64. The van der Waals surface area contributed by atoms with Crippen LogP contribution in [-0.2, 0) is 4.74 Å². The van der Waals surface area contributed by atoms with Gasteiger partial charge < -0.3 is 4.74 Å². The minimum atomic E-state index is 0.361. The van der Waals surface area contributed by atoms with Crippen LogP contribution >= 0.6 is 0 Å². The maximum atomic E-state index is 5.29. The van der Waals surface area contributed by atoms with Crippen molar-refractivity contribution >= 4 is 0 Å². The first kappa shape index (κ1) is 6.05. The summed E-state index contributed by atoms with van der Waals surface area (Å²) in [4.78, 5) is 0. The van der Waals surface area contributed by atoms with Gasteiger partial charge in [0.05, 0.1) is 0 Å². The van der Waals surface area contributed by atoms with Gasteiger partial charge in [0.25, 0.3) is 0 Å². The normalized spacial score (nSPS) is 28.9. The fourth-order valence-electron chi connectivity index (χ4n) is 0.996. The standard InChI is InChI=1S/C6H13NO/c1-2-8-6-4-3-5-7-6/h6-7H,2-5H2,1H3/t6-/m0/s1. The lowest BCUT2D eigenvalue weighted by Crippen LogP contribution is -2.24. The second-order valence-corrected chi connectivity index (χ2v) is 2.04. The molecule has 1 rings (SSSR count). The second-order valence-electron chi connectivity index (χ2n) is 2.04. The predicted octanol–water partition coefficient (Wildman–Crippen LogP) is 0.732. The van der Waals surface area contributed by atoms with E-state index in [1.807, 2.05) is 6.92 Å². The number of nitrogens with one attached hydrogen (secondary N) is 1. The zero-order valence-electron chi connectivity index (χ0n) is 5.31. The van der Waals surface area contributed by atoms with Crippen molar-refractivity contribution in [2.45, 2.75) is 26.0 Å². The van der Waals surface area contributed by atoms with Gasteiger partial charge in [0.1, 0.15) is 6.23 Å². The van der Waals surface area contributed by atoms with Gasteiger partial charge in [-0.05, 0) is 26.3 Å². The Bertz CT molecular complexity index is 59.5. The molecular weight excluding hydrogens is 102 g/mol. The van der Waals surface area contributed by atoms with E-state index < -0.39 is 0 Å². The Hall–Kier alpha value is -0.0800. The van der Waals surface area contributed by atoms with E-state index in [2.05, 4.69) is 5.32 Å². The SMILES string of the molecule is CCO[C@H]1CCCN1. The number of rotatable bonds is 2. The van der Waals surface area contributed by atoms with Crippen LogP contribution in [0, 0.1) is 0 Å². The Morgan fingerprint density at radius 2 is 2.62 bits per heavy atom. The zero-order chi connectivity index (χ0) is 5.82. The fraction of sp³-hybridized carbons (Fsp3) is 1.00. The van der Waals surface area contributed by atoms with Crippen LogP contribution in [0.3, 0.4) is 0 Å². The molecule has 0 aromatic rings. The molecule has 1 N–H and O–H groups in total. The van der Waals surface area contributed by atoms with Crippen molar-refractivity contribution in [2.24, 2.45) is 0 Å². The van der Waals surface area contributed by atoms with Crippen molar-refractivity contribution < 1.29 is 4.74 Å². The zero-order valence-corrected chi connectivity index (χ0v) is 5.31. The molecule has 1 atom stereocenters. The monoisotopic (exact) mass is 115 g/mol. The first-order valence-electron chi connectivity index (χ1n) is 3.28. The molecule has 0 aliphatic carbocycles. The highest BCUT2D eigenvalue weighted by atomic mass is 16.5. The van der Waals surface area contributed by atoms with Crippen LogP contribution in [0.4, 0.5) is 0 Å². The molecule has 0 spiro atoms. The van der Waals surface area contributed by atoms with E-state index in [-0.39, 0.29) is 0 Å². The van der Waals surface area contributed by atoms with Gasteiger partial charge in [0, 0.05) is 6.61 Å². The van der Waals surface area contributed by atoms with Crippen LogP contribution in [0.15, 0.2) is 0 Å². The quantitative estimate of drug-likeness (QED) is 0.573. The Morgan fingerprint density at radius 3 is 3.12 bits per heavy atom. The van der Waals surface area contributed by atoms with Gasteiger partial charge in [-0.15, -0.1) is 0 Å². The van der Waals surface area contributed by atoms with Crippen LogP contribution in [0.1, 0.15) is 19.8 Å². The molecule has 2 heteroatoms. The predicted molar refractivity (Wildman–Crippen MR) is 32.7 cm³/mol. The third kappa shape index (κ3) is 1.46. The lowest BCUT2D eigenvalue weighted by atomic mass is 10.4. The summed E-state index contributed by atoms with van der Waals surface area (Å²) in [5.41, 5.74) is 0. The molecule has 48 valence electrons. The van der Waals surface area contributed by atoms with Crippen LogP contribution in [0.5, 0.6) is 0 Å². The maximum Gasteiger partial charge on any atom is 0.108 e. The summed E-state index contributed by atoms with van der Waals surface area (Å²) in [6, 6.07) is 0. The minimum Gasteiger partial charge on any atom is -0.364 e. The molecule has 8 heavy (non-hydrogen) atoms. The maximum absolute atomic E-state index is 5.29. The third-order valence-electron chi connectivity index (χ3n) is 1.38. The highest BCUT2D eigenvalue weighted by Gasteiger charge is 2.11. The number of hydrogen-bond acceptors (Lipinski definition) is 2. The molecule has 0 aromatic heterocycles. The van der Waals surface area contributed by atoms with Crippen LogP contribution < -0.4 is 5.32 Å². The molecule has 0 bridgehead atoms. The number of hydrogen-bond donors (Lipinski definition) is 1. The molecule has 0 amide bonds. The summed E-state index contributed by atoms with van der Waals surface area (Å²) in [5.74, 6) is 0. The molecule has 0 saturated carbocycles. The molecule has 0 aromatic carbocycles. The molecule has 1 aliphatic rings. The van der Waals surface area contributed by atoms with Crippen molar-refractivity contribution in [2.75, 3.05) is 13.2 Å². The number of ether oxygens (including phenoxy) is 1. The molecule has 0 unspecified atom stereocenters. The lowest BCUT2D eigenvalue weighted by Gasteiger charge is -2.07. The van der Waals surface area contributed by atoms with E-state index in [0.717, 1.165) is 13.2 Å². The van der Waals surface area contributed by atoms with E-state index in [9.17, 15) is 0 Å². The Kier molecular flexibility index (Phi) is 2.30. The van der Waals surface area contributed by atoms with E-state index in [0.29, 0.717) is 6.23 Å². The summed E-state index contributed by atoms with van der Waals surface area (Å²) >= 11 is 0. The highest BCUT2D eigenvalue weighted by Crippen LogP contribution is 2.04. The lowest BCUT2D eigenvalue weighted by molar-refractivity contribution is 0.0529. The smallest absolute Gasteiger partial charge is 0.108 e. The molecular formula is C6H13NO. The van der Waals surface area contributed by atoms with Crippen LogP contribution in [-0.4, -0.2) is 19.4 Å². The third-order valence-corrected chi connectivity index (χ3v) is 1.38. The summed E-state index contributed by atoms with van der Waals surface area (Å²) in [5, 5.41) is 3.24. The summed E-state index contributed by atoms with van der Waals surface area (Å²) < 4.78 is 5.29. The summed E-state index contributed by atoms with van der Waals surface area (Å²) in [6.07, 6.45) is 2.82. The van der Waals surface area contributed by atoms with Crippen LogP contribution in [0.25, 0.3) is 0 Å². The van der Waals surface area contributed by atoms with Crippen molar-refractivity contribution in [3.05, 3.63) is 0 Å². The Labute approximate surface area is 50.2 Å². The summed E-state index contributed by atoms with van der Waals surface area (Å²) in [7, 11) is 0.